The molecule has 0 aromatic heterocycles. The van der Waals surface area contributed by atoms with E-state index in [2.05, 4.69) is 39.9 Å². The summed E-state index contributed by atoms with van der Waals surface area (Å²) in [5.74, 6) is 1.70. The second-order valence-electron chi connectivity index (χ2n) is 6.14. The van der Waals surface area contributed by atoms with Crippen LogP contribution in [0.25, 0.3) is 0 Å². The van der Waals surface area contributed by atoms with Crippen molar-refractivity contribution in [1.29, 1.82) is 0 Å². The molecule has 1 nitrogen and oxygen atoms in total. The summed E-state index contributed by atoms with van der Waals surface area (Å²) in [4.78, 5) is 0. The Labute approximate surface area is 89.7 Å². The third-order valence-electron chi connectivity index (χ3n) is 4.10. The van der Waals surface area contributed by atoms with Crippen molar-refractivity contribution < 1.29 is 0 Å². The fourth-order valence-electron chi connectivity index (χ4n) is 2.00. The zero-order chi connectivity index (χ0) is 10.8. The summed E-state index contributed by atoms with van der Waals surface area (Å²) in [5.41, 5.74) is 0.436. The molecule has 0 aromatic carbocycles. The van der Waals surface area contributed by atoms with E-state index in [-0.39, 0.29) is 0 Å². The maximum Gasteiger partial charge on any atom is 0.00699 e. The lowest BCUT2D eigenvalue weighted by Gasteiger charge is -2.31. The molecule has 0 heterocycles. The lowest BCUT2D eigenvalue weighted by atomic mass is 9.81. The summed E-state index contributed by atoms with van der Waals surface area (Å²) in [6.07, 6.45) is 4.18. The Hall–Kier alpha value is -0.0400. The van der Waals surface area contributed by atoms with Crippen molar-refractivity contribution in [3.8, 4) is 0 Å². The first-order valence-electron chi connectivity index (χ1n) is 6.15. The maximum atomic E-state index is 3.73. The molecular weight excluding hydrogens is 170 g/mol. The van der Waals surface area contributed by atoms with E-state index in [1.807, 2.05) is 0 Å². The van der Waals surface area contributed by atoms with Gasteiger partial charge >= 0.3 is 0 Å². The van der Waals surface area contributed by atoms with E-state index >= 15 is 0 Å². The van der Waals surface area contributed by atoms with Gasteiger partial charge in [0, 0.05) is 12.6 Å². The van der Waals surface area contributed by atoms with Crippen LogP contribution in [0.4, 0.5) is 0 Å². The molecular formula is C13H27N. The normalized spacial score (nSPS) is 28.7. The highest BCUT2D eigenvalue weighted by atomic mass is 14.9. The average molecular weight is 197 g/mol. The molecule has 1 saturated carbocycles. The second kappa shape index (κ2) is 4.65. The van der Waals surface area contributed by atoms with Gasteiger partial charge in [-0.25, -0.2) is 0 Å². The Morgan fingerprint density at radius 2 is 1.93 bits per heavy atom. The molecule has 1 heteroatoms. The summed E-state index contributed by atoms with van der Waals surface area (Å²) in [6, 6.07) is 0.794. The monoisotopic (exact) mass is 197 g/mol. The third-order valence-corrected chi connectivity index (χ3v) is 4.10. The quantitative estimate of drug-likeness (QED) is 0.728. The van der Waals surface area contributed by atoms with Gasteiger partial charge in [0.05, 0.1) is 0 Å². The predicted molar refractivity (Wildman–Crippen MR) is 63.4 cm³/mol. The fourth-order valence-corrected chi connectivity index (χ4v) is 2.00. The van der Waals surface area contributed by atoms with Gasteiger partial charge in [0.2, 0.25) is 0 Å². The number of hydrogen-bond donors (Lipinski definition) is 1. The minimum atomic E-state index is 0.436. The van der Waals surface area contributed by atoms with Crippen LogP contribution in [0.3, 0.4) is 0 Å². The zero-order valence-electron chi connectivity index (χ0n) is 10.6. The molecule has 0 saturated heterocycles. The average Bonchev–Trinajstić information content (AvgIpc) is 2.48. The van der Waals surface area contributed by atoms with Crippen LogP contribution < -0.4 is 5.32 Å². The molecule has 0 aromatic rings. The first kappa shape index (κ1) is 12.0. The predicted octanol–water partition coefficient (Wildman–Crippen LogP) is 3.45. The molecule has 1 aliphatic carbocycles. The lowest BCUT2D eigenvalue weighted by Crippen LogP contribution is -2.38. The highest BCUT2D eigenvalue weighted by Gasteiger charge is 2.26. The standard InChI is InChI=1S/C13H27N/c1-10(2)13(4,5)9-14-12-7-6-11(3)8-12/h10-12,14H,6-9H2,1-5H3. The van der Waals surface area contributed by atoms with Crippen LogP contribution in [0.2, 0.25) is 0 Å². The molecule has 14 heavy (non-hydrogen) atoms. The molecule has 84 valence electrons. The zero-order valence-corrected chi connectivity index (χ0v) is 10.6. The van der Waals surface area contributed by atoms with Crippen molar-refractivity contribution >= 4 is 0 Å². The second-order valence-corrected chi connectivity index (χ2v) is 6.14. The Morgan fingerprint density at radius 1 is 1.29 bits per heavy atom. The highest BCUT2D eigenvalue weighted by molar-refractivity contribution is 4.82. The first-order chi connectivity index (χ1) is 6.42. The van der Waals surface area contributed by atoms with E-state index in [0.29, 0.717) is 5.41 Å². The van der Waals surface area contributed by atoms with E-state index < -0.39 is 0 Å². The van der Waals surface area contributed by atoms with Gasteiger partial charge in [-0.05, 0) is 36.5 Å². The van der Waals surface area contributed by atoms with E-state index in [1.54, 1.807) is 0 Å². The van der Waals surface area contributed by atoms with Crippen molar-refractivity contribution in [2.45, 2.75) is 59.9 Å². The van der Waals surface area contributed by atoms with Gasteiger partial charge in [-0.15, -0.1) is 0 Å². The van der Waals surface area contributed by atoms with Crippen LogP contribution in [0, 0.1) is 17.3 Å². The minimum absolute atomic E-state index is 0.436. The summed E-state index contributed by atoms with van der Waals surface area (Å²) >= 11 is 0. The van der Waals surface area contributed by atoms with Crippen molar-refractivity contribution in [2.24, 2.45) is 17.3 Å². The molecule has 2 unspecified atom stereocenters. The molecule has 0 radical (unpaired) electrons. The van der Waals surface area contributed by atoms with E-state index in [0.717, 1.165) is 17.9 Å². The van der Waals surface area contributed by atoms with Crippen LogP contribution in [-0.2, 0) is 0 Å². The summed E-state index contributed by atoms with van der Waals surface area (Å²) < 4.78 is 0. The highest BCUT2D eigenvalue weighted by Crippen LogP contribution is 2.28. The Bertz CT molecular complexity index is 172. The minimum Gasteiger partial charge on any atom is -0.313 e. The van der Waals surface area contributed by atoms with Gasteiger partial charge in [-0.1, -0.05) is 34.6 Å². The molecule has 1 N–H and O–H groups in total. The van der Waals surface area contributed by atoms with Crippen LogP contribution in [0.15, 0.2) is 0 Å². The van der Waals surface area contributed by atoms with E-state index in [4.69, 9.17) is 0 Å². The molecule has 0 aliphatic heterocycles. The molecule has 1 rings (SSSR count). The Kier molecular flexibility index (Phi) is 4.00. The van der Waals surface area contributed by atoms with Crippen LogP contribution in [0.1, 0.15) is 53.9 Å². The number of hydrogen-bond acceptors (Lipinski definition) is 1. The van der Waals surface area contributed by atoms with Gasteiger partial charge in [0.25, 0.3) is 0 Å². The molecule has 2 atom stereocenters. The van der Waals surface area contributed by atoms with Gasteiger partial charge in [0.15, 0.2) is 0 Å². The van der Waals surface area contributed by atoms with Gasteiger partial charge in [0.1, 0.15) is 0 Å². The third kappa shape index (κ3) is 3.27. The molecule has 0 spiro atoms. The summed E-state index contributed by atoms with van der Waals surface area (Å²) in [5, 5.41) is 3.73. The van der Waals surface area contributed by atoms with Crippen molar-refractivity contribution in [3.05, 3.63) is 0 Å². The molecule has 1 aliphatic rings. The van der Waals surface area contributed by atoms with Crippen LogP contribution >= 0.6 is 0 Å². The van der Waals surface area contributed by atoms with Gasteiger partial charge in [-0.2, -0.15) is 0 Å². The van der Waals surface area contributed by atoms with E-state index in [1.165, 1.54) is 25.8 Å². The van der Waals surface area contributed by atoms with Crippen molar-refractivity contribution in [1.82, 2.24) is 5.32 Å². The van der Waals surface area contributed by atoms with Crippen LogP contribution in [-0.4, -0.2) is 12.6 Å². The molecule has 1 fully saturated rings. The topological polar surface area (TPSA) is 12.0 Å². The number of nitrogens with one attached hydrogen (secondary N) is 1. The maximum absolute atomic E-state index is 3.73. The van der Waals surface area contributed by atoms with Crippen molar-refractivity contribution in [2.75, 3.05) is 6.54 Å². The SMILES string of the molecule is CC1CCC(NCC(C)(C)C(C)C)C1. The van der Waals surface area contributed by atoms with E-state index in [9.17, 15) is 0 Å². The van der Waals surface area contributed by atoms with Gasteiger partial charge in [-0.3, -0.25) is 0 Å². The first-order valence-corrected chi connectivity index (χ1v) is 6.15. The summed E-state index contributed by atoms with van der Waals surface area (Å²) in [6.45, 7) is 12.9. The fraction of sp³-hybridized carbons (Fsp3) is 1.00. The van der Waals surface area contributed by atoms with Crippen molar-refractivity contribution in [3.63, 3.8) is 0 Å². The number of rotatable bonds is 4. The summed E-state index contributed by atoms with van der Waals surface area (Å²) in [7, 11) is 0. The molecule has 0 bridgehead atoms. The Balaban J connectivity index is 2.26. The van der Waals surface area contributed by atoms with Gasteiger partial charge < -0.3 is 5.32 Å². The molecule has 0 amide bonds. The largest absolute Gasteiger partial charge is 0.313 e. The Morgan fingerprint density at radius 3 is 2.36 bits per heavy atom. The smallest absolute Gasteiger partial charge is 0.00699 e. The lowest BCUT2D eigenvalue weighted by molar-refractivity contribution is 0.227. The van der Waals surface area contributed by atoms with Crippen LogP contribution in [0.5, 0.6) is 0 Å².